The highest BCUT2D eigenvalue weighted by atomic mass is 19.1. The first-order chi connectivity index (χ1) is 7.72. The minimum absolute atomic E-state index is 0.269. The summed E-state index contributed by atoms with van der Waals surface area (Å²) in [7, 11) is 0. The molecule has 0 aliphatic carbocycles. The topological polar surface area (TPSA) is 39.2 Å². The molecular weight excluding hydrogens is 205 g/mol. The van der Waals surface area contributed by atoms with Crippen molar-refractivity contribution in [3.63, 3.8) is 0 Å². The van der Waals surface area contributed by atoms with E-state index in [1.807, 2.05) is 19.1 Å². The van der Waals surface area contributed by atoms with Gasteiger partial charge in [0.2, 0.25) is 0 Å². The summed E-state index contributed by atoms with van der Waals surface area (Å²) in [6.45, 7) is 2.00. The lowest BCUT2D eigenvalue weighted by Crippen LogP contribution is -2.12. The zero-order chi connectivity index (χ0) is 11.5. The van der Waals surface area contributed by atoms with E-state index in [1.54, 1.807) is 12.3 Å². The molecule has 0 amide bonds. The van der Waals surface area contributed by atoms with Gasteiger partial charge in [0.25, 0.3) is 0 Å². The van der Waals surface area contributed by atoms with Crippen molar-refractivity contribution in [2.24, 2.45) is 5.73 Å². The zero-order valence-corrected chi connectivity index (χ0v) is 9.11. The van der Waals surface area contributed by atoms with Gasteiger partial charge in [-0.1, -0.05) is 19.1 Å². The Morgan fingerprint density at radius 2 is 2.19 bits per heavy atom. The van der Waals surface area contributed by atoms with Crippen LogP contribution in [0, 0.1) is 5.82 Å². The van der Waals surface area contributed by atoms with Crippen LogP contribution in [0.25, 0.3) is 0 Å². The van der Waals surface area contributed by atoms with Crippen LogP contribution in [-0.2, 0) is 6.42 Å². The molecule has 2 aromatic rings. The van der Waals surface area contributed by atoms with Gasteiger partial charge in [-0.3, -0.25) is 0 Å². The zero-order valence-electron chi connectivity index (χ0n) is 9.11. The van der Waals surface area contributed by atoms with Crippen molar-refractivity contribution in [2.75, 3.05) is 0 Å². The molecule has 0 saturated carbocycles. The Morgan fingerprint density at radius 3 is 2.88 bits per heavy atom. The van der Waals surface area contributed by atoms with E-state index in [0.29, 0.717) is 0 Å². The predicted molar refractivity (Wildman–Crippen MR) is 60.5 cm³/mol. The van der Waals surface area contributed by atoms with Crippen LogP contribution in [0.3, 0.4) is 0 Å². The number of hydrogen-bond donors (Lipinski definition) is 1. The van der Waals surface area contributed by atoms with Gasteiger partial charge < -0.3 is 10.2 Å². The fourth-order valence-corrected chi connectivity index (χ4v) is 1.79. The molecule has 16 heavy (non-hydrogen) atoms. The minimum Gasteiger partial charge on any atom is -0.469 e. The van der Waals surface area contributed by atoms with E-state index in [-0.39, 0.29) is 11.9 Å². The standard InChI is InChI=1S/C13H14FNO/c1-2-12-11(6-7-16-12)13(15)9-4-3-5-10(14)8-9/h3-8,13H,2,15H2,1H3. The maximum absolute atomic E-state index is 13.1. The van der Waals surface area contributed by atoms with E-state index in [0.717, 1.165) is 23.3 Å². The number of furan rings is 1. The summed E-state index contributed by atoms with van der Waals surface area (Å²) >= 11 is 0. The number of aryl methyl sites for hydroxylation is 1. The van der Waals surface area contributed by atoms with E-state index in [1.165, 1.54) is 12.1 Å². The van der Waals surface area contributed by atoms with Gasteiger partial charge in [-0.2, -0.15) is 0 Å². The van der Waals surface area contributed by atoms with Crippen LogP contribution in [0.2, 0.25) is 0 Å². The SMILES string of the molecule is CCc1occc1C(N)c1cccc(F)c1. The Hall–Kier alpha value is -1.61. The van der Waals surface area contributed by atoms with Crippen LogP contribution in [-0.4, -0.2) is 0 Å². The van der Waals surface area contributed by atoms with Crippen LogP contribution in [0.5, 0.6) is 0 Å². The van der Waals surface area contributed by atoms with Crippen LogP contribution in [0.1, 0.15) is 29.9 Å². The molecule has 0 aliphatic heterocycles. The third-order valence-electron chi connectivity index (χ3n) is 2.64. The molecule has 2 nitrogen and oxygen atoms in total. The second-order valence-electron chi connectivity index (χ2n) is 3.69. The van der Waals surface area contributed by atoms with Gasteiger partial charge in [0.15, 0.2) is 0 Å². The van der Waals surface area contributed by atoms with Crippen LogP contribution in [0.4, 0.5) is 4.39 Å². The monoisotopic (exact) mass is 219 g/mol. The van der Waals surface area contributed by atoms with Crippen molar-refractivity contribution in [3.05, 3.63) is 59.3 Å². The number of halogens is 1. The molecule has 2 N–H and O–H groups in total. The van der Waals surface area contributed by atoms with Gasteiger partial charge in [-0.25, -0.2) is 4.39 Å². The predicted octanol–water partition coefficient (Wildman–Crippen LogP) is 3.03. The minimum atomic E-state index is -0.329. The second-order valence-corrected chi connectivity index (χ2v) is 3.69. The molecule has 0 aliphatic rings. The van der Waals surface area contributed by atoms with Gasteiger partial charge in [0.05, 0.1) is 12.3 Å². The average Bonchev–Trinajstić information content (AvgIpc) is 2.76. The largest absolute Gasteiger partial charge is 0.469 e. The number of hydrogen-bond acceptors (Lipinski definition) is 2. The Balaban J connectivity index is 2.35. The molecule has 1 unspecified atom stereocenters. The molecule has 1 aromatic heterocycles. The van der Waals surface area contributed by atoms with Crippen LogP contribution >= 0.6 is 0 Å². The Kier molecular flexibility index (Phi) is 3.06. The quantitative estimate of drug-likeness (QED) is 0.861. The van der Waals surface area contributed by atoms with Gasteiger partial charge in [-0.15, -0.1) is 0 Å². The highest BCUT2D eigenvalue weighted by molar-refractivity contribution is 5.32. The fraction of sp³-hybridized carbons (Fsp3) is 0.231. The number of benzene rings is 1. The van der Waals surface area contributed by atoms with Gasteiger partial charge in [-0.05, 0) is 23.8 Å². The maximum Gasteiger partial charge on any atom is 0.123 e. The summed E-state index contributed by atoms with van der Waals surface area (Å²) in [5.41, 5.74) is 7.76. The molecule has 0 radical (unpaired) electrons. The van der Waals surface area contributed by atoms with E-state index in [2.05, 4.69) is 0 Å². The molecule has 0 fully saturated rings. The molecule has 0 spiro atoms. The molecule has 1 atom stereocenters. The van der Waals surface area contributed by atoms with Crippen LogP contribution in [0.15, 0.2) is 41.0 Å². The number of rotatable bonds is 3. The molecule has 3 heteroatoms. The van der Waals surface area contributed by atoms with Crippen molar-refractivity contribution in [2.45, 2.75) is 19.4 Å². The lowest BCUT2D eigenvalue weighted by atomic mass is 9.99. The summed E-state index contributed by atoms with van der Waals surface area (Å²) in [4.78, 5) is 0. The Labute approximate surface area is 93.9 Å². The average molecular weight is 219 g/mol. The van der Waals surface area contributed by atoms with Crippen molar-refractivity contribution >= 4 is 0 Å². The van der Waals surface area contributed by atoms with Crippen molar-refractivity contribution in [1.82, 2.24) is 0 Å². The van der Waals surface area contributed by atoms with Crippen molar-refractivity contribution < 1.29 is 8.81 Å². The summed E-state index contributed by atoms with van der Waals surface area (Å²) in [6.07, 6.45) is 2.40. The molecule has 2 rings (SSSR count). The number of nitrogens with two attached hydrogens (primary N) is 1. The Bertz CT molecular complexity index is 478. The van der Waals surface area contributed by atoms with E-state index >= 15 is 0 Å². The first-order valence-corrected chi connectivity index (χ1v) is 5.29. The summed E-state index contributed by atoms with van der Waals surface area (Å²) in [5, 5.41) is 0. The first kappa shape index (κ1) is 10.9. The first-order valence-electron chi connectivity index (χ1n) is 5.29. The summed E-state index contributed by atoms with van der Waals surface area (Å²) < 4.78 is 18.4. The molecule has 1 aromatic carbocycles. The normalized spacial score (nSPS) is 12.7. The summed E-state index contributed by atoms with van der Waals surface area (Å²) in [6, 6.07) is 7.86. The maximum atomic E-state index is 13.1. The molecule has 0 saturated heterocycles. The lowest BCUT2D eigenvalue weighted by molar-refractivity contribution is 0.509. The van der Waals surface area contributed by atoms with Crippen LogP contribution < -0.4 is 5.73 Å². The third kappa shape index (κ3) is 1.99. The molecule has 84 valence electrons. The molecule has 0 bridgehead atoms. The highest BCUT2D eigenvalue weighted by Gasteiger charge is 2.15. The highest BCUT2D eigenvalue weighted by Crippen LogP contribution is 2.24. The smallest absolute Gasteiger partial charge is 0.123 e. The van der Waals surface area contributed by atoms with Crippen molar-refractivity contribution in [3.8, 4) is 0 Å². The lowest BCUT2D eigenvalue weighted by Gasteiger charge is -2.11. The van der Waals surface area contributed by atoms with Gasteiger partial charge >= 0.3 is 0 Å². The third-order valence-corrected chi connectivity index (χ3v) is 2.64. The fourth-order valence-electron chi connectivity index (χ4n) is 1.79. The molecular formula is C13H14FNO. The van der Waals surface area contributed by atoms with E-state index in [4.69, 9.17) is 10.2 Å². The van der Waals surface area contributed by atoms with Gasteiger partial charge in [0.1, 0.15) is 11.6 Å². The van der Waals surface area contributed by atoms with E-state index in [9.17, 15) is 4.39 Å². The second kappa shape index (κ2) is 4.49. The summed E-state index contributed by atoms with van der Waals surface area (Å²) in [5.74, 6) is 0.589. The van der Waals surface area contributed by atoms with Gasteiger partial charge in [0, 0.05) is 12.0 Å². The molecule has 1 heterocycles. The van der Waals surface area contributed by atoms with E-state index < -0.39 is 0 Å². The Morgan fingerprint density at radius 1 is 1.38 bits per heavy atom. The van der Waals surface area contributed by atoms with Crippen molar-refractivity contribution in [1.29, 1.82) is 0 Å².